The smallest absolute Gasteiger partial charge is 0.416 e. The SMILES string of the molecule is Cl.Cl.Oc1nc(NCc2ccc(C(F)(F)F)cc2)[nH]c1/C=C1\C=Nc2ncccc21. The summed E-state index contributed by atoms with van der Waals surface area (Å²) in [7, 11) is 0. The molecule has 0 unspecified atom stereocenters. The van der Waals surface area contributed by atoms with Gasteiger partial charge in [-0.25, -0.2) is 9.98 Å². The average molecular weight is 458 g/mol. The number of hydrogen-bond acceptors (Lipinski definition) is 5. The third-order valence-corrected chi connectivity index (χ3v) is 4.18. The van der Waals surface area contributed by atoms with Crippen LogP contribution in [0.25, 0.3) is 11.6 Å². The number of alkyl halides is 3. The van der Waals surface area contributed by atoms with Gasteiger partial charge in [-0.3, -0.25) is 0 Å². The largest absolute Gasteiger partial charge is 0.492 e. The Hall–Kier alpha value is -3.04. The minimum Gasteiger partial charge on any atom is -0.492 e. The fourth-order valence-corrected chi connectivity index (χ4v) is 2.76. The minimum absolute atomic E-state index is 0. The zero-order chi connectivity index (χ0) is 19.7. The Bertz CT molecular complexity index is 1080. The van der Waals surface area contributed by atoms with Crippen LogP contribution in [0.3, 0.4) is 0 Å². The molecule has 0 fully saturated rings. The molecule has 2 aromatic heterocycles. The lowest BCUT2D eigenvalue weighted by molar-refractivity contribution is -0.137. The van der Waals surface area contributed by atoms with Crippen molar-refractivity contribution in [2.24, 2.45) is 4.99 Å². The number of aliphatic imine (C=N–C) groups is 1. The molecular weight excluding hydrogens is 442 g/mol. The summed E-state index contributed by atoms with van der Waals surface area (Å²) in [5, 5.41) is 13.0. The summed E-state index contributed by atoms with van der Waals surface area (Å²) in [6.07, 6.45) is 0.630. The van der Waals surface area contributed by atoms with Crippen molar-refractivity contribution >= 4 is 54.4 Å². The molecule has 0 saturated heterocycles. The van der Waals surface area contributed by atoms with Crippen LogP contribution in [0.4, 0.5) is 24.9 Å². The highest BCUT2D eigenvalue weighted by Crippen LogP contribution is 2.32. The van der Waals surface area contributed by atoms with Crippen LogP contribution in [0.2, 0.25) is 0 Å². The first-order valence-corrected chi connectivity index (χ1v) is 8.30. The first-order valence-electron chi connectivity index (χ1n) is 8.30. The van der Waals surface area contributed by atoms with Crippen molar-refractivity contribution in [3.8, 4) is 5.88 Å². The third-order valence-electron chi connectivity index (χ3n) is 4.18. The maximum absolute atomic E-state index is 12.6. The van der Waals surface area contributed by atoms with Crippen LogP contribution in [0.5, 0.6) is 5.88 Å². The van der Waals surface area contributed by atoms with Crippen molar-refractivity contribution < 1.29 is 18.3 Å². The molecule has 0 saturated carbocycles. The molecule has 0 radical (unpaired) electrons. The van der Waals surface area contributed by atoms with Crippen molar-refractivity contribution in [3.05, 3.63) is 65.0 Å². The molecule has 6 nitrogen and oxygen atoms in total. The Morgan fingerprint density at radius 1 is 1.10 bits per heavy atom. The van der Waals surface area contributed by atoms with E-state index in [0.29, 0.717) is 23.0 Å². The molecular formula is C19H16Cl2F3N5O. The van der Waals surface area contributed by atoms with Crippen molar-refractivity contribution in [1.82, 2.24) is 15.0 Å². The number of nitrogens with one attached hydrogen (secondary N) is 2. The average Bonchev–Trinajstić information content (AvgIpc) is 3.24. The predicted octanol–water partition coefficient (Wildman–Crippen LogP) is 5.24. The van der Waals surface area contributed by atoms with Gasteiger partial charge in [-0.05, 0) is 35.9 Å². The first-order chi connectivity index (χ1) is 13.4. The number of aromatic amines is 1. The van der Waals surface area contributed by atoms with Crippen molar-refractivity contribution in [3.63, 3.8) is 0 Å². The molecule has 0 aliphatic carbocycles. The van der Waals surface area contributed by atoms with Gasteiger partial charge in [0.1, 0.15) is 5.69 Å². The summed E-state index contributed by atoms with van der Waals surface area (Å²) in [4.78, 5) is 15.3. The summed E-state index contributed by atoms with van der Waals surface area (Å²) in [5.74, 6) is 0.701. The van der Waals surface area contributed by atoms with E-state index >= 15 is 0 Å². The maximum atomic E-state index is 12.6. The number of anilines is 1. The number of halogens is 5. The van der Waals surface area contributed by atoms with Gasteiger partial charge in [0.25, 0.3) is 0 Å². The molecule has 11 heteroatoms. The second-order valence-electron chi connectivity index (χ2n) is 6.10. The highest BCUT2D eigenvalue weighted by molar-refractivity contribution is 6.20. The monoisotopic (exact) mass is 457 g/mol. The lowest BCUT2D eigenvalue weighted by Crippen LogP contribution is -2.06. The van der Waals surface area contributed by atoms with Crippen LogP contribution < -0.4 is 5.32 Å². The van der Waals surface area contributed by atoms with Crippen LogP contribution in [0, 0.1) is 0 Å². The summed E-state index contributed by atoms with van der Waals surface area (Å²) in [6.45, 7) is 0.245. The number of pyridine rings is 1. The number of hydrogen-bond donors (Lipinski definition) is 3. The van der Waals surface area contributed by atoms with Crippen molar-refractivity contribution in [2.45, 2.75) is 12.7 Å². The van der Waals surface area contributed by atoms with Gasteiger partial charge in [-0.15, -0.1) is 24.8 Å². The second kappa shape index (κ2) is 9.19. The number of allylic oxidation sites excluding steroid dienone is 1. The Morgan fingerprint density at radius 3 is 2.53 bits per heavy atom. The van der Waals surface area contributed by atoms with Gasteiger partial charge in [0.15, 0.2) is 5.82 Å². The predicted molar refractivity (Wildman–Crippen MR) is 114 cm³/mol. The number of aromatic hydroxyl groups is 1. The zero-order valence-corrected chi connectivity index (χ0v) is 16.8. The van der Waals surface area contributed by atoms with E-state index in [1.54, 1.807) is 24.6 Å². The van der Waals surface area contributed by atoms with E-state index in [9.17, 15) is 18.3 Å². The van der Waals surface area contributed by atoms with Crippen LogP contribution in [-0.2, 0) is 12.7 Å². The molecule has 1 aliphatic rings. The van der Waals surface area contributed by atoms with E-state index in [4.69, 9.17) is 0 Å². The van der Waals surface area contributed by atoms with Gasteiger partial charge in [0, 0.05) is 30.1 Å². The van der Waals surface area contributed by atoms with Crippen LogP contribution in [0.1, 0.15) is 22.4 Å². The second-order valence-corrected chi connectivity index (χ2v) is 6.10. The number of H-pyrrole nitrogens is 1. The summed E-state index contributed by atoms with van der Waals surface area (Å²) in [5.41, 5.74) is 1.95. The molecule has 1 aromatic carbocycles. The Morgan fingerprint density at radius 2 is 1.83 bits per heavy atom. The number of nitrogens with zero attached hydrogens (tertiary/aromatic N) is 3. The number of rotatable bonds is 4. The topological polar surface area (TPSA) is 86.2 Å². The maximum Gasteiger partial charge on any atom is 0.416 e. The quantitative estimate of drug-likeness (QED) is 0.499. The third kappa shape index (κ3) is 4.92. The number of aromatic nitrogens is 3. The van der Waals surface area contributed by atoms with Gasteiger partial charge in [0.05, 0.1) is 5.56 Å². The zero-order valence-electron chi connectivity index (χ0n) is 15.1. The molecule has 3 aromatic rings. The Balaban J connectivity index is 0.00000160. The highest BCUT2D eigenvalue weighted by atomic mass is 35.5. The molecule has 0 bridgehead atoms. The van der Waals surface area contributed by atoms with Crippen LogP contribution in [0.15, 0.2) is 47.6 Å². The number of imidazole rings is 1. The van der Waals surface area contributed by atoms with E-state index in [0.717, 1.165) is 23.3 Å². The van der Waals surface area contributed by atoms with Crippen molar-refractivity contribution in [1.29, 1.82) is 0 Å². The van der Waals surface area contributed by atoms with Gasteiger partial charge in [-0.2, -0.15) is 18.2 Å². The van der Waals surface area contributed by atoms with E-state index in [1.165, 1.54) is 12.1 Å². The van der Waals surface area contributed by atoms with E-state index in [-0.39, 0.29) is 37.2 Å². The Kier molecular flexibility index (Phi) is 7.12. The Labute approximate surface area is 181 Å². The number of fused-ring (bicyclic) bond motifs is 1. The summed E-state index contributed by atoms with van der Waals surface area (Å²) in [6, 6.07) is 8.50. The van der Waals surface area contributed by atoms with Gasteiger partial charge < -0.3 is 15.4 Å². The van der Waals surface area contributed by atoms with Crippen molar-refractivity contribution in [2.75, 3.05) is 5.32 Å². The molecule has 3 N–H and O–H groups in total. The standard InChI is InChI=1S/C19H14F3N5O.2ClH/c20-19(21,22)13-5-3-11(4-6-13)9-25-18-26-15(17(28)27-18)8-12-10-24-16-14(12)2-1-7-23-16;;/h1-8,10,28H,9H2,(H2,25,26,27);2*1H/b12-8+;;. The van der Waals surface area contributed by atoms with Gasteiger partial charge in [0.2, 0.25) is 11.8 Å². The molecule has 30 heavy (non-hydrogen) atoms. The summed E-state index contributed by atoms with van der Waals surface area (Å²) >= 11 is 0. The van der Waals surface area contributed by atoms with Gasteiger partial charge >= 0.3 is 6.18 Å². The number of benzene rings is 1. The van der Waals surface area contributed by atoms with E-state index in [2.05, 4.69) is 25.3 Å². The minimum atomic E-state index is -4.36. The lowest BCUT2D eigenvalue weighted by Gasteiger charge is -2.08. The van der Waals surface area contributed by atoms with Gasteiger partial charge in [-0.1, -0.05) is 12.1 Å². The summed E-state index contributed by atoms with van der Waals surface area (Å²) < 4.78 is 37.8. The molecule has 1 aliphatic heterocycles. The molecule has 3 heterocycles. The van der Waals surface area contributed by atoms with E-state index in [1.807, 2.05) is 6.07 Å². The molecule has 158 valence electrons. The molecule has 0 amide bonds. The normalized spacial score (nSPS) is 13.5. The molecule has 4 rings (SSSR count). The van der Waals surface area contributed by atoms with Crippen LogP contribution in [-0.4, -0.2) is 26.3 Å². The van der Waals surface area contributed by atoms with Crippen LogP contribution >= 0.6 is 24.8 Å². The van der Waals surface area contributed by atoms with E-state index < -0.39 is 11.7 Å². The fraction of sp³-hybridized carbons (Fsp3) is 0.105. The highest BCUT2D eigenvalue weighted by Gasteiger charge is 2.29. The lowest BCUT2D eigenvalue weighted by atomic mass is 10.1. The fourth-order valence-electron chi connectivity index (χ4n) is 2.76. The molecule has 0 atom stereocenters. The molecule has 0 spiro atoms. The first kappa shape index (κ1) is 23.2.